The summed E-state index contributed by atoms with van der Waals surface area (Å²) in [6, 6.07) is -0.289. The molecule has 5 nitrogen and oxygen atoms in total. The number of aliphatic hydroxyl groups is 1. The largest absolute Gasteiger partial charge is 0.481 e. The molecule has 0 spiro atoms. The van der Waals surface area contributed by atoms with E-state index in [1.54, 1.807) is 6.08 Å². The van der Waals surface area contributed by atoms with Gasteiger partial charge in [0.05, 0.1) is 24.5 Å². The molecule has 0 radical (unpaired) electrons. The van der Waals surface area contributed by atoms with Gasteiger partial charge in [-0.2, -0.15) is 0 Å². The van der Waals surface area contributed by atoms with Gasteiger partial charge in [0.1, 0.15) is 0 Å². The van der Waals surface area contributed by atoms with Gasteiger partial charge in [0.2, 0.25) is 5.91 Å². The molecule has 0 heterocycles. The van der Waals surface area contributed by atoms with Crippen LogP contribution in [0.4, 0.5) is 0 Å². The van der Waals surface area contributed by atoms with Crippen LogP contribution in [-0.2, 0) is 9.59 Å². The van der Waals surface area contributed by atoms with Crippen LogP contribution in [0.1, 0.15) is 26.2 Å². The lowest BCUT2D eigenvalue weighted by molar-refractivity contribution is -0.147. The molecule has 1 aliphatic rings. The molecule has 2 unspecified atom stereocenters. The van der Waals surface area contributed by atoms with Crippen LogP contribution in [-0.4, -0.2) is 34.7 Å². The zero-order chi connectivity index (χ0) is 12.8. The number of hydrogen-bond donors (Lipinski definition) is 3. The van der Waals surface area contributed by atoms with Crippen LogP contribution >= 0.6 is 0 Å². The highest BCUT2D eigenvalue weighted by Crippen LogP contribution is 2.26. The van der Waals surface area contributed by atoms with Gasteiger partial charge < -0.3 is 15.5 Å². The second kappa shape index (κ2) is 6.39. The molecule has 1 aliphatic carbocycles. The number of amides is 1. The van der Waals surface area contributed by atoms with E-state index in [1.165, 1.54) is 0 Å². The molecule has 0 fully saturated rings. The van der Waals surface area contributed by atoms with Gasteiger partial charge in [-0.3, -0.25) is 9.59 Å². The molecule has 0 aromatic rings. The number of carbonyl (C=O) groups excluding carboxylic acids is 1. The molecular weight excluding hydrogens is 222 g/mol. The van der Waals surface area contributed by atoms with Gasteiger partial charge in [-0.15, -0.1) is 0 Å². The molecule has 5 heteroatoms. The molecule has 0 saturated heterocycles. The van der Waals surface area contributed by atoms with Crippen molar-refractivity contribution in [2.45, 2.75) is 32.2 Å². The first-order chi connectivity index (χ1) is 8.10. The Morgan fingerprint density at radius 1 is 1.35 bits per heavy atom. The van der Waals surface area contributed by atoms with E-state index in [4.69, 9.17) is 10.2 Å². The summed E-state index contributed by atoms with van der Waals surface area (Å²) in [7, 11) is 0. The highest BCUT2D eigenvalue weighted by atomic mass is 16.4. The van der Waals surface area contributed by atoms with Crippen molar-refractivity contribution in [3.8, 4) is 0 Å². The van der Waals surface area contributed by atoms with Gasteiger partial charge in [0.25, 0.3) is 0 Å². The number of nitrogens with one attached hydrogen (secondary N) is 1. The summed E-state index contributed by atoms with van der Waals surface area (Å²) in [6.45, 7) is 1.74. The van der Waals surface area contributed by atoms with Crippen LogP contribution in [0.25, 0.3) is 0 Å². The smallest absolute Gasteiger partial charge is 0.307 e. The van der Waals surface area contributed by atoms with Gasteiger partial charge in [-0.05, 0) is 19.3 Å². The Kier molecular flexibility index (Phi) is 5.15. The first-order valence-corrected chi connectivity index (χ1v) is 5.89. The summed E-state index contributed by atoms with van der Waals surface area (Å²) >= 11 is 0. The lowest BCUT2D eigenvalue weighted by atomic mass is 9.82. The standard InChI is InChI=1S/C12H19NO4/c1-2-8(7-14)13-11(15)9-5-3-4-6-10(9)12(16)17/h3-4,8-10,14H,2,5-7H2,1H3,(H,13,15)(H,16,17)/t8-,9?,10?/m1/s1. The molecule has 96 valence electrons. The minimum Gasteiger partial charge on any atom is -0.481 e. The van der Waals surface area contributed by atoms with Crippen LogP contribution < -0.4 is 5.32 Å². The fourth-order valence-electron chi connectivity index (χ4n) is 1.96. The fraction of sp³-hybridized carbons (Fsp3) is 0.667. The first kappa shape index (κ1) is 13.7. The van der Waals surface area contributed by atoms with Gasteiger partial charge in [-0.25, -0.2) is 0 Å². The van der Waals surface area contributed by atoms with Gasteiger partial charge in [0.15, 0.2) is 0 Å². The molecule has 3 N–H and O–H groups in total. The summed E-state index contributed by atoms with van der Waals surface area (Å²) in [5.74, 6) is -2.40. The van der Waals surface area contributed by atoms with Crippen molar-refractivity contribution in [1.29, 1.82) is 0 Å². The van der Waals surface area contributed by atoms with Gasteiger partial charge in [-0.1, -0.05) is 19.1 Å². The SMILES string of the molecule is CC[C@H](CO)NC(=O)C1CC=CCC1C(=O)O. The Bertz CT molecular complexity index is 310. The van der Waals surface area contributed by atoms with Crippen LogP contribution in [0.15, 0.2) is 12.2 Å². The first-order valence-electron chi connectivity index (χ1n) is 5.89. The number of allylic oxidation sites excluding steroid dienone is 2. The van der Waals surface area contributed by atoms with Crippen molar-refractivity contribution in [3.05, 3.63) is 12.2 Å². The van der Waals surface area contributed by atoms with E-state index in [9.17, 15) is 9.59 Å². The van der Waals surface area contributed by atoms with Crippen molar-refractivity contribution in [3.63, 3.8) is 0 Å². The van der Waals surface area contributed by atoms with Crippen molar-refractivity contribution >= 4 is 11.9 Å². The van der Waals surface area contributed by atoms with E-state index >= 15 is 0 Å². The van der Waals surface area contributed by atoms with Crippen molar-refractivity contribution in [2.24, 2.45) is 11.8 Å². The second-order valence-corrected chi connectivity index (χ2v) is 4.29. The molecule has 0 aromatic heterocycles. The predicted octanol–water partition coefficient (Wildman–Crippen LogP) is 0.541. The Morgan fingerprint density at radius 2 is 1.94 bits per heavy atom. The maximum atomic E-state index is 11.9. The summed E-state index contributed by atoms with van der Waals surface area (Å²) in [4.78, 5) is 23.0. The predicted molar refractivity (Wildman–Crippen MR) is 62.3 cm³/mol. The van der Waals surface area contributed by atoms with Crippen LogP contribution in [0.2, 0.25) is 0 Å². The molecule has 0 saturated carbocycles. The molecule has 0 aromatic carbocycles. The normalized spacial score (nSPS) is 25.3. The highest BCUT2D eigenvalue weighted by Gasteiger charge is 2.34. The minimum absolute atomic E-state index is 0.122. The number of rotatable bonds is 5. The number of aliphatic hydroxyl groups excluding tert-OH is 1. The monoisotopic (exact) mass is 241 g/mol. The third-order valence-electron chi connectivity index (χ3n) is 3.15. The minimum atomic E-state index is -0.938. The van der Waals surface area contributed by atoms with Gasteiger partial charge >= 0.3 is 5.97 Å². The fourth-order valence-corrected chi connectivity index (χ4v) is 1.96. The number of hydrogen-bond acceptors (Lipinski definition) is 3. The zero-order valence-corrected chi connectivity index (χ0v) is 9.93. The highest BCUT2D eigenvalue weighted by molar-refractivity contribution is 5.85. The van der Waals surface area contributed by atoms with Crippen LogP contribution in [0, 0.1) is 11.8 Å². The quantitative estimate of drug-likeness (QED) is 0.613. The van der Waals surface area contributed by atoms with E-state index in [-0.39, 0.29) is 18.6 Å². The Balaban J connectivity index is 2.66. The molecular formula is C12H19NO4. The Morgan fingerprint density at radius 3 is 2.41 bits per heavy atom. The Hall–Kier alpha value is -1.36. The van der Waals surface area contributed by atoms with Crippen LogP contribution in [0.5, 0.6) is 0 Å². The Labute approximate surface area is 101 Å². The van der Waals surface area contributed by atoms with Gasteiger partial charge in [0, 0.05) is 0 Å². The van der Waals surface area contributed by atoms with E-state index in [1.807, 2.05) is 13.0 Å². The van der Waals surface area contributed by atoms with Crippen LogP contribution in [0.3, 0.4) is 0 Å². The molecule has 0 aliphatic heterocycles. The summed E-state index contributed by atoms with van der Waals surface area (Å²) in [6.07, 6.45) is 5.10. The zero-order valence-electron chi connectivity index (χ0n) is 9.93. The maximum absolute atomic E-state index is 11.9. The average molecular weight is 241 g/mol. The molecule has 3 atom stereocenters. The number of aliphatic carboxylic acids is 1. The second-order valence-electron chi connectivity index (χ2n) is 4.29. The number of carboxylic acid groups (broad SMARTS) is 1. The van der Waals surface area contributed by atoms with E-state index in [0.717, 1.165) is 0 Å². The molecule has 17 heavy (non-hydrogen) atoms. The van der Waals surface area contributed by atoms with Crippen molar-refractivity contribution in [2.75, 3.05) is 6.61 Å². The summed E-state index contributed by atoms with van der Waals surface area (Å²) < 4.78 is 0. The molecule has 1 amide bonds. The van der Waals surface area contributed by atoms with Crippen molar-refractivity contribution < 1.29 is 19.8 Å². The lowest BCUT2D eigenvalue weighted by Gasteiger charge is -2.26. The third-order valence-corrected chi connectivity index (χ3v) is 3.15. The van der Waals surface area contributed by atoms with E-state index in [0.29, 0.717) is 19.3 Å². The lowest BCUT2D eigenvalue weighted by Crippen LogP contribution is -2.44. The average Bonchev–Trinajstić information content (AvgIpc) is 2.35. The maximum Gasteiger partial charge on any atom is 0.307 e. The summed E-state index contributed by atoms with van der Waals surface area (Å²) in [5, 5.41) is 20.7. The third kappa shape index (κ3) is 3.56. The van der Waals surface area contributed by atoms with Crippen molar-refractivity contribution in [1.82, 2.24) is 5.32 Å². The summed E-state index contributed by atoms with van der Waals surface area (Å²) in [5.41, 5.74) is 0. The van der Waals surface area contributed by atoms with E-state index < -0.39 is 17.8 Å². The topological polar surface area (TPSA) is 86.6 Å². The van der Waals surface area contributed by atoms with E-state index in [2.05, 4.69) is 5.32 Å². The molecule has 1 rings (SSSR count). The number of carboxylic acids is 1. The molecule has 0 bridgehead atoms. The number of carbonyl (C=O) groups is 2.